The van der Waals surface area contributed by atoms with Crippen molar-refractivity contribution in [2.45, 2.75) is 89.3 Å². The maximum absolute atomic E-state index is 5.63. The molecule has 0 aliphatic heterocycles. The lowest BCUT2D eigenvalue weighted by Crippen LogP contribution is -2.41. The lowest BCUT2D eigenvalue weighted by molar-refractivity contribution is 0.346. The van der Waals surface area contributed by atoms with Gasteiger partial charge in [-0.25, -0.2) is 0 Å². The van der Waals surface area contributed by atoms with Crippen molar-refractivity contribution in [1.29, 1.82) is 0 Å². The summed E-state index contributed by atoms with van der Waals surface area (Å²) in [7, 11) is 0. The highest BCUT2D eigenvalue weighted by Gasteiger charge is 2.14. The van der Waals surface area contributed by atoms with Crippen LogP contribution in [0.15, 0.2) is 0 Å². The van der Waals surface area contributed by atoms with Crippen molar-refractivity contribution in [3.05, 3.63) is 0 Å². The van der Waals surface area contributed by atoms with E-state index in [1.165, 1.54) is 64.2 Å². The fraction of sp³-hybridized carbons (Fsp3) is 1.00. The molecule has 18 heavy (non-hydrogen) atoms. The summed E-state index contributed by atoms with van der Waals surface area (Å²) >= 11 is 0. The molecule has 0 spiro atoms. The average molecular weight is 255 g/mol. The van der Waals surface area contributed by atoms with Crippen LogP contribution in [-0.2, 0) is 0 Å². The second kappa shape index (κ2) is 9.76. The van der Waals surface area contributed by atoms with Gasteiger partial charge in [0.1, 0.15) is 0 Å². The summed E-state index contributed by atoms with van der Waals surface area (Å²) in [5.74, 6) is 0. The Kier molecular flexibility index (Phi) is 8.64. The third kappa shape index (κ3) is 7.34. The van der Waals surface area contributed by atoms with E-state index in [2.05, 4.69) is 12.2 Å². The molecule has 0 saturated heterocycles. The fourth-order valence-corrected chi connectivity index (χ4v) is 2.87. The maximum atomic E-state index is 5.63. The largest absolute Gasteiger partial charge is 0.329 e. The summed E-state index contributed by atoms with van der Waals surface area (Å²) < 4.78 is 0. The predicted molar refractivity (Wildman–Crippen MR) is 79.6 cm³/mol. The molecular weight excluding hydrogens is 222 g/mol. The fourth-order valence-electron chi connectivity index (χ4n) is 2.87. The van der Waals surface area contributed by atoms with E-state index < -0.39 is 0 Å². The molecule has 5 N–H and O–H groups in total. The van der Waals surface area contributed by atoms with Crippen LogP contribution >= 0.6 is 0 Å². The molecule has 0 aromatic heterocycles. The highest BCUT2D eigenvalue weighted by atomic mass is 15.0. The highest BCUT2D eigenvalue weighted by molar-refractivity contribution is 4.75. The molecule has 2 fully saturated rings. The van der Waals surface area contributed by atoms with Crippen LogP contribution in [0.5, 0.6) is 0 Å². The van der Waals surface area contributed by atoms with Crippen LogP contribution in [0.1, 0.15) is 71.1 Å². The lowest BCUT2D eigenvalue weighted by atomic mass is 9.95. The van der Waals surface area contributed by atoms with E-state index in [9.17, 15) is 0 Å². The van der Waals surface area contributed by atoms with Gasteiger partial charge in [-0.1, -0.05) is 38.5 Å². The Labute approximate surface area is 113 Å². The second-order valence-corrected chi connectivity index (χ2v) is 6.04. The van der Waals surface area contributed by atoms with E-state index in [-0.39, 0.29) is 0 Å². The molecule has 0 aromatic rings. The SMILES string of the molecule is CC(CN)NC1CCCCC1.NC1CCCCC1. The number of nitrogens with two attached hydrogens (primary N) is 2. The average Bonchev–Trinajstić information content (AvgIpc) is 2.41. The minimum atomic E-state index is 0.498. The van der Waals surface area contributed by atoms with Gasteiger partial charge in [0.15, 0.2) is 0 Å². The molecule has 1 unspecified atom stereocenters. The molecule has 0 heterocycles. The van der Waals surface area contributed by atoms with Crippen LogP contribution in [0, 0.1) is 0 Å². The monoisotopic (exact) mass is 255 g/mol. The summed E-state index contributed by atoms with van der Waals surface area (Å²) in [5, 5.41) is 3.54. The van der Waals surface area contributed by atoms with Gasteiger partial charge in [0.2, 0.25) is 0 Å². The quantitative estimate of drug-likeness (QED) is 0.726. The van der Waals surface area contributed by atoms with Crippen molar-refractivity contribution in [2.75, 3.05) is 6.54 Å². The Hall–Kier alpha value is -0.120. The second-order valence-electron chi connectivity index (χ2n) is 6.04. The molecule has 0 amide bonds. The van der Waals surface area contributed by atoms with Crippen LogP contribution in [0.2, 0.25) is 0 Å². The standard InChI is InChI=1S/C9H20N2.C6H13N/c1-8(7-10)11-9-5-3-2-4-6-9;7-6-4-2-1-3-5-6/h8-9,11H,2-7,10H2,1H3;6H,1-5,7H2. The summed E-state index contributed by atoms with van der Waals surface area (Å²) in [6, 6.07) is 1.79. The Morgan fingerprint density at radius 1 is 0.944 bits per heavy atom. The number of nitrogens with one attached hydrogen (secondary N) is 1. The lowest BCUT2D eigenvalue weighted by Gasteiger charge is -2.25. The van der Waals surface area contributed by atoms with Crippen molar-refractivity contribution < 1.29 is 0 Å². The predicted octanol–water partition coefficient (Wildman–Crippen LogP) is 2.53. The van der Waals surface area contributed by atoms with E-state index in [4.69, 9.17) is 11.5 Å². The van der Waals surface area contributed by atoms with E-state index in [0.717, 1.165) is 12.6 Å². The molecule has 2 saturated carbocycles. The van der Waals surface area contributed by atoms with E-state index >= 15 is 0 Å². The van der Waals surface area contributed by atoms with Crippen molar-refractivity contribution >= 4 is 0 Å². The van der Waals surface area contributed by atoms with Crippen LogP contribution in [-0.4, -0.2) is 24.7 Å². The molecule has 0 radical (unpaired) electrons. The van der Waals surface area contributed by atoms with E-state index in [0.29, 0.717) is 12.1 Å². The topological polar surface area (TPSA) is 64.1 Å². The minimum Gasteiger partial charge on any atom is -0.329 e. The van der Waals surface area contributed by atoms with E-state index in [1.54, 1.807) is 0 Å². The van der Waals surface area contributed by atoms with Gasteiger partial charge in [-0.05, 0) is 32.6 Å². The van der Waals surface area contributed by atoms with Gasteiger partial charge in [-0.2, -0.15) is 0 Å². The van der Waals surface area contributed by atoms with Crippen molar-refractivity contribution in [3.63, 3.8) is 0 Å². The first-order chi connectivity index (χ1) is 8.72. The smallest absolute Gasteiger partial charge is 0.0164 e. The number of hydrogen-bond donors (Lipinski definition) is 3. The molecular formula is C15H33N3. The minimum absolute atomic E-state index is 0.498. The Morgan fingerprint density at radius 3 is 1.83 bits per heavy atom. The Bertz CT molecular complexity index is 184. The van der Waals surface area contributed by atoms with Crippen molar-refractivity contribution in [1.82, 2.24) is 5.32 Å². The van der Waals surface area contributed by atoms with Gasteiger partial charge in [0, 0.05) is 24.7 Å². The number of rotatable bonds is 3. The van der Waals surface area contributed by atoms with Gasteiger partial charge >= 0.3 is 0 Å². The zero-order valence-corrected chi connectivity index (χ0v) is 12.2. The van der Waals surface area contributed by atoms with E-state index in [1.807, 2.05) is 0 Å². The molecule has 2 aliphatic carbocycles. The van der Waals surface area contributed by atoms with Gasteiger partial charge in [0.25, 0.3) is 0 Å². The molecule has 0 bridgehead atoms. The first kappa shape index (κ1) is 15.9. The molecule has 3 heteroatoms. The van der Waals surface area contributed by atoms with Crippen LogP contribution in [0.4, 0.5) is 0 Å². The van der Waals surface area contributed by atoms with Gasteiger partial charge < -0.3 is 16.8 Å². The Balaban J connectivity index is 0.000000199. The van der Waals surface area contributed by atoms with Gasteiger partial charge in [0.05, 0.1) is 0 Å². The third-order valence-electron chi connectivity index (χ3n) is 4.13. The van der Waals surface area contributed by atoms with Gasteiger partial charge in [-0.3, -0.25) is 0 Å². The maximum Gasteiger partial charge on any atom is 0.0164 e. The third-order valence-corrected chi connectivity index (χ3v) is 4.13. The summed E-state index contributed by atoms with van der Waals surface area (Å²) in [6.07, 6.45) is 13.6. The Morgan fingerprint density at radius 2 is 1.44 bits per heavy atom. The van der Waals surface area contributed by atoms with Crippen LogP contribution < -0.4 is 16.8 Å². The molecule has 1 atom stereocenters. The number of hydrogen-bond acceptors (Lipinski definition) is 3. The highest BCUT2D eigenvalue weighted by Crippen LogP contribution is 2.17. The zero-order valence-electron chi connectivity index (χ0n) is 12.2. The molecule has 3 nitrogen and oxygen atoms in total. The van der Waals surface area contributed by atoms with Gasteiger partial charge in [-0.15, -0.1) is 0 Å². The molecule has 2 aliphatic rings. The first-order valence-corrected chi connectivity index (χ1v) is 7.94. The van der Waals surface area contributed by atoms with Crippen LogP contribution in [0.3, 0.4) is 0 Å². The summed E-state index contributed by atoms with van der Waals surface area (Å²) in [5.41, 5.74) is 11.2. The first-order valence-electron chi connectivity index (χ1n) is 7.94. The van der Waals surface area contributed by atoms with Crippen LogP contribution in [0.25, 0.3) is 0 Å². The zero-order chi connectivity index (χ0) is 13.2. The molecule has 108 valence electrons. The summed E-state index contributed by atoms with van der Waals surface area (Å²) in [4.78, 5) is 0. The summed E-state index contributed by atoms with van der Waals surface area (Å²) in [6.45, 7) is 2.92. The normalized spacial score (nSPS) is 24.2. The van der Waals surface area contributed by atoms with Crippen molar-refractivity contribution in [2.24, 2.45) is 11.5 Å². The van der Waals surface area contributed by atoms with Crippen molar-refractivity contribution in [3.8, 4) is 0 Å². The molecule has 0 aromatic carbocycles. The molecule has 2 rings (SSSR count).